The van der Waals surface area contributed by atoms with Crippen LogP contribution >= 0.6 is 11.8 Å². The zero-order chi connectivity index (χ0) is 12.3. The fourth-order valence-corrected chi connectivity index (χ4v) is 2.16. The average Bonchev–Trinajstić information content (AvgIpc) is 2.72. The molecule has 90 valence electrons. The van der Waals surface area contributed by atoms with Crippen LogP contribution in [-0.4, -0.2) is 19.7 Å². The van der Waals surface area contributed by atoms with Gasteiger partial charge in [-0.15, -0.1) is 11.8 Å². The van der Waals surface area contributed by atoms with Crippen molar-refractivity contribution in [3.8, 4) is 0 Å². The van der Waals surface area contributed by atoms with E-state index in [9.17, 15) is 0 Å². The second kappa shape index (κ2) is 5.15. The Kier molecular flexibility index (Phi) is 3.60. The molecule has 0 fully saturated rings. The van der Waals surface area contributed by atoms with E-state index >= 15 is 0 Å². The molecule has 0 aliphatic rings. The molecule has 0 radical (unpaired) electrons. The van der Waals surface area contributed by atoms with E-state index in [1.54, 1.807) is 22.5 Å². The molecule has 2 rings (SSSR count). The van der Waals surface area contributed by atoms with Crippen molar-refractivity contribution in [3.05, 3.63) is 30.0 Å². The average molecular weight is 250 g/mol. The second-order valence-electron chi connectivity index (χ2n) is 3.59. The van der Waals surface area contributed by atoms with Crippen molar-refractivity contribution in [1.29, 1.82) is 0 Å². The molecular formula is C10H14N6S. The summed E-state index contributed by atoms with van der Waals surface area (Å²) in [7, 11) is 1.89. The van der Waals surface area contributed by atoms with Gasteiger partial charge in [-0.2, -0.15) is 5.10 Å². The van der Waals surface area contributed by atoms with Crippen molar-refractivity contribution in [2.75, 3.05) is 5.43 Å². The minimum absolute atomic E-state index is 0.638. The molecule has 3 N–H and O–H groups in total. The summed E-state index contributed by atoms with van der Waals surface area (Å²) in [6.07, 6.45) is 3.78. The first kappa shape index (κ1) is 11.9. The first-order chi connectivity index (χ1) is 8.17. The van der Waals surface area contributed by atoms with Crippen molar-refractivity contribution < 1.29 is 0 Å². The van der Waals surface area contributed by atoms with Crippen molar-refractivity contribution in [1.82, 2.24) is 19.7 Å². The number of nitrogens with two attached hydrogens (primary N) is 1. The van der Waals surface area contributed by atoms with E-state index in [-0.39, 0.29) is 0 Å². The topological polar surface area (TPSA) is 81.6 Å². The van der Waals surface area contributed by atoms with Crippen LogP contribution in [0, 0.1) is 6.92 Å². The predicted molar refractivity (Wildman–Crippen MR) is 67.3 cm³/mol. The van der Waals surface area contributed by atoms with Gasteiger partial charge in [-0.05, 0) is 6.92 Å². The van der Waals surface area contributed by atoms with Gasteiger partial charge in [0.25, 0.3) is 0 Å². The number of nitrogen functional groups attached to an aromatic ring is 1. The van der Waals surface area contributed by atoms with E-state index in [4.69, 9.17) is 5.84 Å². The highest BCUT2D eigenvalue weighted by atomic mass is 32.2. The molecule has 0 aliphatic carbocycles. The first-order valence-corrected chi connectivity index (χ1v) is 6.08. The van der Waals surface area contributed by atoms with E-state index in [1.807, 2.05) is 26.4 Å². The van der Waals surface area contributed by atoms with Crippen LogP contribution in [0.2, 0.25) is 0 Å². The molecule has 0 aliphatic heterocycles. The lowest BCUT2D eigenvalue weighted by atomic mass is 10.4. The fraction of sp³-hybridized carbons (Fsp3) is 0.300. The van der Waals surface area contributed by atoms with Crippen LogP contribution in [0.1, 0.15) is 11.5 Å². The normalized spacial score (nSPS) is 10.5. The Morgan fingerprint density at radius 2 is 2.29 bits per heavy atom. The van der Waals surface area contributed by atoms with Gasteiger partial charge in [0.1, 0.15) is 11.6 Å². The lowest BCUT2D eigenvalue weighted by molar-refractivity contribution is 0.766. The third-order valence-corrected chi connectivity index (χ3v) is 3.04. The molecule has 0 saturated carbocycles. The second-order valence-corrected chi connectivity index (χ2v) is 4.64. The van der Waals surface area contributed by atoms with Crippen LogP contribution in [0.15, 0.2) is 23.4 Å². The summed E-state index contributed by atoms with van der Waals surface area (Å²) in [5.41, 5.74) is 3.43. The van der Waals surface area contributed by atoms with Crippen LogP contribution in [-0.2, 0) is 12.8 Å². The zero-order valence-electron chi connectivity index (χ0n) is 9.71. The molecule has 7 heteroatoms. The summed E-state index contributed by atoms with van der Waals surface area (Å²) in [4.78, 5) is 9.72. The molecule has 17 heavy (non-hydrogen) atoms. The van der Waals surface area contributed by atoms with E-state index in [0.717, 1.165) is 16.4 Å². The minimum atomic E-state index is 0.638. The Labute approximate surface area is 104 Å². The number of hydrogen-bond donors (Lipinski definition) is 2. The highest BCUT2D eigenvalue weighted by Gasteiger charge is 2.03. The van der Waals surface area contributed by atoms with Gasteiger partial charge in [0, 0.05) is 29.9 Å². The van der Waals surface area contributed by atoms with E-state index < -0.39 is 0 Å². The standard InChI is InChI=1S/C10H14N6S/c1-7-3-9(15-11)14-10(13-7)6-17-8-4-12-16(2)5-8/h3-5H,6,11H2,1-2H3,(H,13,14,15). The molecule has 0 unspecified atom stereocenters. The maximum atomic E-state index is 5.34. The van der Waals surface area contributed by atoms with Gasteiger partial charge in [0.05, 0.1) is 11.9 Å². The maximum Gasteiger partial charge on any atom is 0.143 e. The molecule has 0 saturated heterocycles. The molecular weight excluding hydrogens is 236 g/mol. The Hall–Kier alpha value is -1.60. The molecule has 0 spiro atoms. The highest BCUT2D eigenvalue weighted by Crippen LogP contribution is 2.20. The first-order valence-electron chi connectivity index (χ1n) is 5.10. The third kappa shape index (κ3) is 3.18. The number of nitrogens with one attached hydrogen (secondary N) is 1. The highest BCUT2D eigenvalue weighted by molar-refractivity contribution is 7.98. The summed E-state index contributed by atoms with van der Waals surface area (Å²) in [5, 5.41) is 4.10. The van der Waals surface area contributed by atoms with Gasteiger partial charge in [-0.25, -0.2) is 15.8 Å². The number of thioether (sulfide) groups is 1. The molecule has 2 aromatic rings. The molecule has 6 nitrogen and oxygen atoms in total. The number of hydrogen-bond acceptors (Lipinski definition) is 6. The number of nitrogens with zero attached hydrogens (tertiary/aromatic N) is 4. The largest absolute Gasteiger partial charge is 0.308 e. The Bertz CT molecular complexity index is 509. The Morgan fingerprint density at radius 1 is 1.47 bits per heavy atom. The van der Waals surface area contributed by atoms with Gasteiger partial charge in [-0.1, -0.05) is 0 Å². The molecule has 0 amide bonds. The summed E-state index contributed by atoms with van der Waals surface area (Å²) in [5.74, 6) is 7.43. The fourth-order valence-electron chi connectivity index (χ4n) is 1.39. The smallest absolute Gasteiger partial charge is 0.143 e. The molecule has 2 heterocycles. The van der Waals surface area contributed by atoms with E-state index in [2.05, 4.69) is 20.5 Å². The monoisotopic (exact) mass is 250 g/mol. The number of hydrazine groups is 1. The summed E-state index contributed by atoms with van der Waals surface area (Å²) in [6, 6.07) is 1.80. The van der Waals surface area contributed by atoms with Crippen molar-refractivity contribution >= 4 is 17.6 Å². The maximum absolute atomic E-state index is 5.34. The number of anilines is 1. The molecule has 0 aromatic carbocycles. The Balaban J connectivity index is 2.05. The lowest BCUT2D eigenvalue weighted by Gasteiger charge is -2.04. The van der Waals surface area contributed by atoms with Gasteiger partial charge in [0.2, 0.25) is 0 Å². The van der Waals surface area contributed by atoms with E-state index in [1.165, 1.54) is 0 Å². The van der Waals surface area contributed by atoms with Crippen LogP contribution in [0.25, 0.3) is 0 Å². The molecule has 2 aromatic heterocycles. The van der Waals surface area contributed by atoms with Gasteiger partial charge < -0.3 is 5.43 Å². The van der Waals surface area contributed by atoms with E-state index in [0.29, 0.717) is 11.6 Å². The van der Waals surface area contributed by atoms with Crippen LogP contribution in [0.4, 0.5) is 5.82 Å². The summed E-state index contributed by atoms with van der Waals surface area (Å²) < 4.78 is 1.77. The number of aromatic nitrogens is 4. The lowest BCUT2D eigenvalue weighted by Crippen LogP contribution is -2.10. The van der Waals surface area contributed by atoms with Gasteiger partial charge >= 0.3 is 0 Å². The molecule has 0 bridgehead atoms. The van der Waals surface area contributed by atoms with Crippen LogP contribution in [0.3, 0.4) is 0 Å². The quantitative estimate of drug-likeness (QED) is 0.480. The van der Waals surface area contributed by atoms with Crippen LogP contribution < -0.4 is 11.3 Å². The minimum Gasteiger partial charge on any atom is -0.308 e. The van der Waals surface area contributed by atoms with Crippen molar-refractivity contribution in [3.63, 3.8) is 0 Å². The predicted octanol–water partition coefficient (Wildman–Crippen LogP) is 1.10. The van der Waals surface area contributed by atoms with Crippen molar-refractivity contribution in [2.45, 2.75) is 17.6 Å². The summed E-state index contributed by atoms with van der Waals surface area (Å²) >= 11 is 1.65. The Morgan fingerprint density at radius 3 is 2.94 bits per heavy atom. The zero-order valence-corrected chi connectivity index (χ0v) is 10.5. The third-order valence-electron chi connectivity index (χ3n) is 2.10. The van der Waals surface area contributed by atoms with Gasteiger partial charge in [0.15, 0.2) is 0 Å². The SMILES string of the molecule is Cc1cc(NN)nc(CSc2cnn(C)c2)n1. The molecule has 0 atom stereocenters. The number of rotatable bonds is 4. The van der Waals surface area contributed by atoms with Crippen molar-refractivity contribution in [2.24, 2.45) is 12.9 Å². The van der Waals surface area contributed by atoms with Gasteiger partial charge in [-0.3, -0.25) is 4.68 Å². The van der Waals surface area contributed by atoms with Crippen LogP contribution in [0.5, 0.6) is 0 Å². The number of aryl methyl sites for hydroxylation is 2. The summed E-state index contributed by atoms with van der Waals surface area (Å²) in [6.45, 7) is 1.92.